The minimum absolute atomic E-state index is 0.132. The van der Waals surface area contributed by atoms with Gasteiger partial charge in [-0.25, -0.2) is 8.42 Å². The van der Waals surface area contributed by atoms with Crippen molar-refractivity contribution in [3.8, 4) is 11.5 Å². The lowest BCUT2D eigenvalue weighted by atomic mass is 10.1. The Morgan fingerprint density at radius 3 is 2.36 bits per heavy atom. The summed E-state index contributed by atoms with van der Waals surface area (Å²) in [6, 6.07) is 19.5. The highest BCUT2D eigenvalue weighted by Gasteiger charge is 2.28. The van der Waals surface area contributed by atoms with E-state index in [9.17, 15) is 18.0 Å². The SMILES string of the molecule is COc1ccccc1CNC(=O)C(C)N(Cc1ccc(Cl)cc1)C(=O)COc1ccc(S(=O)(=O)N2CCOCC2)cc1. The Morgan fingerprint density at radius 1 is 1.02 bits per heavy atom. The van der Waals surface area contributed by atoms with E-state index in [2.05, 4.69) is 5.32 Å². The van der Waals surface area contributed by atoms with Gasteiger partial charge in [0.2, 0.25) is 15.9 Å². The molecule has 0 saturated carbocycles. The van der Waals surface area contributed by atoms with Crippen LogP contribution in [0.15, 0.2) is 77.7 Å². The minimum atomic E-state index is -3.65. The fraction of sp³-hybridized carbons (Fsp3) is 0.333. The first-order chi connectivity index (χ1) is 20.2. The number of para-hydroxylation sites is 1. The Bertz CT molecular complexity index is 1460. The smallest absolute Gasteiger partial charge is 0.261 e. The first kappa shape index (κ1) is 31.3. The first-order valence-electron chi connectivity index (χ1n) is 13.4. The van der Waals surface area contributed by atoms with E-state index in [-0.39, 0.29) is 30.5 Å². The van der Waals surface area contributed by atoms with Crippen LogP contribution in [-0.2, 0) is 37.4 Å². The van der Waals surface area contributed by atoms with Crippen molar-refractivity contribution in [3.63, 3.8) is 0 Å². The van der Waals surface area contributed by atoms with Crippen LogP contribution in [0.4, 0.5) is 0 Å². The van der Waals surface area contributed by atoms with Crippen molar-refractivity contribution >= 4 is 33.4 Å². The molecule has 42 heavy (non-hydrogen) atoms. The second-order valence-corrected chi connectivity index (χ2v) is 12.0. The van der Waals surface area contributed by atoms with Gasteiger partial charge in [0, 0.05) is 36.8 Å². The molecule has 0 aromatic heterocycles. The predicted molar refractivity (Wildman–Crippen MR) is 158 cm³/mol. The summed E-state index contributed by atoms with van der Waals surface area (Å²) in [4.78, 5) is 28.1. The predicted octanol–water partition coefficient (Wildman–Crippen LogP) is 3.48. The highest BCUT2D eigenvalue weighted by molar-refractivity contribution is 7.89. The summed E-state index contributed by atoms with van der Waals surface area (Å²) >= 11 is 6.03. The fourth-order valence-corrected chi connectivity index (χ4v) is 5.95. The van der Waals surface area contributed by atoms with Gasteiger partial charge < -0.3 is 24.4 Å². The van der Waals surface area contributed by atoms with E-state index >= 15 is 0 Å². The first-order valence-corrected chi connectivity index (χ1v) is 15.2. The number of halogens is 1. The van der Waals surface area contributed by atoms with Crippen molar-refractivity contribution < 1.29 is 32.2 Å². The van der Waals surface area contributed by atoms with Crippen molar-refractivity contribution in [3.05, 3.63) is 88.9 Å². The van der Waals surface area contributed by atoms with E-state index < -0.39 is 22.0 Å². The third kappa shape index (κ3) is 8.01. The normalized spacial score (nSPS) is 14.5. The molecule has 1 heterocycles. The molecule has 0 bridgehead atoms. The fourth-order valence-electron chi connectivity index (χ4n) is 4.42. The monoisotopic (exact) mass is 615 g/mol. The molecule has 1 aliphatic heterocycles. The van der Waals surface area contributed by atoms with Crippen LogP contribution in [0.3, 0.4) is 0 Å². The van der Waals surface area contributed by atoms with Crippen molar-refractivity contribution in [2.75, 3.05) is 40.0 Å². The van der Waals surface area contributed by atoms with Crippen molar-refractivity contribution in [1.29, 1.82) is 0 Å². The zero-order valence-electron chi connectivity index (χ0n) is 23.5. The van der Waals surface area contributed by atoms with E-state index in [1.807, 2.05) is 24.3 Å². The van der Waals surface area contributed by atoms with Crippen LogP contribution >= 0.6 is 11.6 Å². The number of nitrogens with one attached hydrogen (secondary N) is 1. The summed E-state index contributed by atoms with van der Waals surface area (Å²) < 4.78 is 43.5. The van der Waals surface area contributed by atoms with Gasteiger partial charge in [-0.05, 0) is 55.0 Å². The Balaban J connectivity index is 1.43. The molecule has 3 aromatic carbocycles. The quantitative estimate of drug-likeness (QED) is 0.332. The van der Waals surface area contributed by atoms with Crippen LogP contribution in [-0.4, -0.2) is 75.5 Å². The molecule has 1 aliphatic rings. The maximum absolute atomic E-state index is 13.4. The number of amides is 2. The van der Waals surface area contributed by atoms with Gasteiger partial charge in [-0.1, -0.05) is 41.9 Å². The number of nitrogens with zero attached hydrogens (tertiary/aromatic N) is 2. The second-order valence-electron chi connectivity index (χ2n) is 9.63. The number of hydrogen-bond acceptors (Lipinski definition) is 7. The molecule has 10 nitrogen and oxygen atoms in total. The van der Waals surface area contributed by atoms with Crippen LogP contribution in [0.1, 0.15) is 18.1 Å². The Kier molecular flexibility index (Phi) is 10.8. The van der Waals surface area contributed by atoms with Gasteiger partial charge in [-0.15, -0.1) is 0 Å². The number of carbonyl (C=O) groups excluding carboxylic acids is 2. The van der Waals surface area contributed by atoms with Gasteiger partial charge in [0.25, 0.3) is 5.91 Å². The number of hydrogen-bond donors (Lipinski definition) is 1. The van der Waals surface area contributed by atoms with Crippen molar-refractivity contribution in [1.82, 2.24) is 14.5 Å². The zero-order chi connectivity index (χ0) is 30.1. The van der Waals surface area contributed by atoms with Gasteiger partial charge in [-0.3, -0.25) is 9.59 Å². The summed E-state index contributed by atoms with van der Waals surface area (Å²) in [5, 5.41) is 3.44. The van der Waals surface area contributed by atoms with E-state index in [1.54, 1.807) is 38.3 Å². The lowest BCUT2D eigenvalue weighted by Gasteiger charge is -2.29. The van der Waals surface area contributed by atoms with Crippen LogP contribution in [0.2, 0.25) is 5.02 Å². The molecular formula is C30H34ClN3O7S. The minimum Gasteiger partial charge on any atom is -0.496 e. The largest absolute Gasteiger partial charge is 0.496 e. The summed E-state index contributed by atoms with van der Waals surface area (Å²) in [6.07, 6.45) is 0. The Labute approximate surface area is 251 Å². The van der Waals surface area contributed by atoms with Gasteiger partial charge >= 0.3 is 0 Å². The van der Waals surface area contributed by atoms with E-state index in [1.165, 1.54) is 33.5 Å². The van der Waals surface area contributed by atoms with Crippen LogP contribution in [0, 0.1) is 0 Å². The lowest BCUT2D eigenvalue weighted by Crippen LogP contribution is -2.48. The van der Waals surface area contributed by atoms with Gasteiger partial charge in [0.15, 0.2) is 6.61 Å². The summed E-state index contributed by atoms with van der Waals surface area (Å²) in [5.74, 6) is 0.205. The molecule has 0 spiro atoms. The molecule has 1 saturated heterocycles. The number of ether oxygens (including phenoxy) is 3. The molecular weight excluding hydrogens is 582 g/mol. The number of methoxy groups -OCH3 is 1. The van der Waals surface area contributed by atoms with Crippen molar-refractivity contribution in [2.45, 2.75) is 31.0 Å². The highest BCUT2D eigenvalue weighted by atomic mass is 35.5. The standard InChI is InChI=1S/C30H34ClN3O7S/c1-22(30(36)32-19-24-5-3-4-6-28(24)39-2)34(20-23-7-9-25(31)10-8-23)29(35)21-41-26-11-13-27(14-12-26)42(37,38)33-15-17-40-18-16-33/h3-14,22H,15-21H2,1-2H3,(H,32,36). The summed E-state index contributed by atoms with van der Waals surface area (Å²) in [6.45, 7) is 2.97. The summed E-state index contributed by atoms with van der Waals surface area (Å²) in [7, 11) is -2.09. The molecule has 4 rings (SSSR count). The number of carbonyl (C=O) groups is 2. The molecule has 2 amide bonds. The van der Waals surface area contributed by atoms with E-state index in [4.69, 9.17) is 25.8 Å². The van der Waals surface area contributed by atoms with Gasteiger partial charge in [0.1, 0.15) is 17.5 Å². The topological polar surface area (TPSA) is 114 Å². The van der Waals surface area contributed by atoms with E-state index in [0.717, 1.165) is 11.1 Å². The Hall–Kier alpha value is -3.64. The molecule has 224 valence electrons. The van der Waals surface area contributed by atoms with Crippen LogP contribution in [0.5, 0.6) is 11.5 Å². The number of morpholine rings is 1. The molecule has 1 fully saturated rings. The average molecular weight is 616 g/mol. The van der Waals surface area contributed by atoms with Crippen LogP contribution in [0.25, 0.3) is 0 Å². The molecule has 1 N–H and O–H groups in total. The summed E-state index contributed by atoms with van der Waals surface area (Å²) in [5.41, 5.74) is 1.59. The zero-order valence-corrected chi connectivity index (χ0v) is 25.1. The van der Waals surface area contributed by atoms with Crippen molar-refractivity contribution in [2.24, 2.45) is 0 Å². The third-order valence-electron chi connectivity index (χ3n) is 6.87. The number of benzene rings is 3. The Morgan fingerprint density at radius 2 is 1.69 bits per heavy atom. The molecule has 3 aromatic rings. The molecule has 0 aliphatic carbocycles. The van der Waals surface area contributed by atoms with E-state index in [0.29, 0.717) is 42.8 Å². The van der Waals surface area contributed by atoms with Gasteiger partial charge in [0.05, 0.1) is 25.2 Å². The number of rotatable bonds is 12. The second kappa shape index (κ2) is 14.5. The maximum Gasteiger partial charge on any atom is 0.261 e. The highest BCUT2D eigenvalue weighted by Crippen LogP contribution is 2.21. The molecule has 1 unspecified atom stereocenters. The molecule has 12 heteroatoms. The van der Waals surface area contributed by atoms with Crippen LogP contribution < -0.4 is 14.8 Å². The molecule has 1 atom stereocenters. The lowest BCUT2D eigenvalue weighted by molar-refractivity contribution is -0.142. The molecule has 0 radical (unpaired) electrons. The average Bonchev–Trinajstić information content (AvgIpc) is 3.02. The third-order valence-corrected chi connectivity index (χ3v) is 9.04. The van der Waals surface area contributed by atoms with Gasteiger partial charge in [-0.2, -0.15) is 4.31 Å². The maximum atomic E-state index is 13.4. The number of sulfonamides is 1.